The van der Waals surface area contributed by atoms with Crippen molar-refractivity contribution in [3.8, 4) is 0 Å². The van der Waals surface area contributed by atoms with E-state index in [-0.39, 0.29) is 51.0 Å². The first-order chi connectivity index (χ1) is 29.4. The molecular formula is C47H88N6O10. The van der Waals surface area contributed by atoms with Gasteiger partial charge in [-0.15, -0.1) is 0 Å². The highest BCUT2D eigenvalue weighted by Crippen LogP contribution is 2.14. The van der Waals surface area contributed by atoms with Crippen molar-refractivity contribution >= 4 is 41.7 Å². The highest BCUT2D eigenvalue weighted by Gasteiger charge is 2.28. The summed E-state index contributed by atoms with van der Waals surface area (Å²) in [6, 6.07) is -3.14. The van der Waals surface area contributed by atoms with Gasteiger partial charge in [0.1, 0.15) is 28.9 Å². The van der Waals surface area contributed by atoms with Gasteiger partial charge in [0, 0.05) is 38.9 Å². The number of unbranched alkanes of at least 4 members (excludes halogenated alkanes) is 11. The number of hydrogen-bond acceptors (Lipinski definition) is 11. The Kier molecular flexibility index (Phi) is 30.6. The third kappa shape index (κ3) is 36.1. The van der Waals surface area contributed by atoms with Crippen LogP contribution in [-0.2, 0) is 43.0 Å². The van der Waals surface area contributed by atoms with Crippen molar-refractivity contribution in [2.75, 3.05) is 19.6 Å². The van der Waals surface area contributed by atoms with E-state index in [9.17, 15) is 33.6 Å². The number of carbonyl (C=O) groups is 7. The van der Waals surface area contributed by atoms with Gasteiger partial charge in [-0.05, 0) is 114 Å². The number of rotatable bonds is 33. The first-order valence-corrected chi connectivity index (χ1v) is 23.7. The van der Waals surface area contributed by atoms with Crippen LogP contribution >= 0.6 is 0 Å². The second-order valence-electron chi connectivity index (χ2n) is 19.5. The number of carbonyl (C=O) groups excluding carboxylic acids is 7. The second kappa shape index (κ2) is 32.7. The quantitative estimate of drug-likeness (QED) is 0.0224. The van der Waals surface area contributed by atoms with Crippen molar-refractivity contribution < 1.29 is 47.8 Å². The minimum Gasteiger partial charge on any atom is -0.460 e. The van der Waals surface area contributed by atoms with Crippen molar-refractivity contribution in [1.82, 2.24) is 26.6 Å². The zero-order valence-corrected chi connectivity index (χ0v) is 40.9. The molecule has 0 aromatic carbocycles. The van der Waals surface area contributed by atoms with Gasteiger partial charge >= 0.3 is 18.0 Å². The van der Waals surface area contributed by atoms with Gasteiger partial charge in [0.2, 0.25) is 23.6 Å². The monoisotopic (exact) mass is 897 g/mol. The molecule has 0 aliphatic heterocycles. The van der Waals surface area contributed by atoms with Crippen molar-refractivity contribution in [3.63, 3.8) is 0 Å². The van der Waals surface area contributed by atoms with Crippen LogP contribution in [0.5, 0.6) is 0 Å². The van der Waals surface area contributed by atoms with E-state index in [0.29, 0.717) is 25.9 Å². The SMILES string of the molecule is CCCCCCCCCCCC(=O)NCCCCCCNC(=O)[C@H](CCCC(N)C(=O)NC(CCC(=O)OC(C)(C)C)C(=O)NCCCC(=O)OC(C)(C)C)NC(=O)OC(C)(C)C. The van der Waals surface area contributed by atoms with E-state index < -0.39 is 70.7 Å². The van der Waals surface area contributed by atoms with Crippen LogP contribution in [0.4, 0.5) is 4.79 Å². The normalized spacial score (nSPS) is 13.2. The maximum absolute atomic E-state index is 13.3. The lowest BCUT2D eigenvalue weighted by Gasteiger charge is -2.24. The lowest BCUT2D eigenvalue weighted by atomic mass is 10.0. The molecule has 0 spiro atoms. The second-order valence-corrected chi connectivity index (χ2v) is 19.5. The molecule has 7 N–H and O–H groups in total. The summed E-state index contributed by atoms with van der Waals surface area (Å²) < 4.78 is 16.1. The Morgan fingerprint density at radius 1 is 0.444 bits per heavy atom. The molecule has 5 amide bonds. The van der Waals surface area contributed by atoms with Crippen LogP contribution in [0.25, 0.3) is 0 Å². The fraction of sp³-hybridized carbons (Fsp3) is 0.851. The van der Waals surface area contributed by atoms with Crippen molar-refractivity contribution in [2.45, 2.75) is 239 Å². The molecule has 0 aliphatic rings. The average Bonchev–Trinajstić information content (AvgIpc) is 3.15. The molecule has 2 unspecified atom stereocenters. The molecule has 0 aliphatic carbocycles. The van der Waals surface area contributed by atoms with Gasteiger partial charge in [0.15, 0.2) is 0 Å². The minimum absolute atomic E-state index is 0.0523. The van der Waals surface area contributed by atoms with Gasteiger partial charge in [-0.1, -0.05) is 71.1 Å². The van der Waals surface area contributed by atoms with Crippen LogP contribution in [0.2, 0.25) is 0 Å². The van der Waals surface area contributed by atoms with Crippen molar-refractivity contribution in [1.29, 1.82) is 0 Å². The largest absolute Gasteiger partial charge is 0.460 e. The van der Waals surface area contributed by atoms with Crippen LogP contribution < -0.4 is 32.3 Å². The maximum atomic E-state index is 13.3. The van der Waals surface area contributed by atoms with Crippen LogP contribution in [0.1, 0.15) is 204 Å². The topological polar surface area (TPSA) is 233 Å². The van der Waals surface area contributed by atoms with E-state index in [4.69, 9.17) is 19.9 Å². The molecule has 0 rings (SSSR count). The summed E-state index contributed by atoms with van der Waals surface area (Å²) in [5, 5.41) is 13.9. The number of esters is 2. The lowest BCUT2D eigenvalue weighted by molar-refractivity contribution is -0.156. The van der Waals surface area contributed by atoms with E-state index in [1.165, 1.54) is 44.9 Å². The molecule has 0 saturated carbocycles. The summed E-state index contributed by atoms with van der Waals surface area (Å²) in [5.41, 5.74) is 4.10. The summed E-state index contributed by atoms with van der Waals surface area (Å²) >= 11 is 0. The molecule has 3 atom stereocenters. The fourth-order valence-electron chi connectivity index (χ4n) is 6.40. The Hall–Kier alpha value is -3.95. The third-order valence-electron chi connectivity index (χ3n) is 9.55. The van der Waals surface area contributed by atoms with Gasteiger partial charge in [-0.25, -0.2) is 4.79 Å². The molecular weight excluding hydrogens is 809 g/mol. The van der Waals surface area contributed by atoms with Gasteiger partial charge in [-0.2, -0.15) is 0 Å². The molecule has 63 heavy (non-hydrogen) atoms. The predicted molar refractivity (Wildman–Crippen MR) is 246 cm³/mol. The van der Waals surface area contributed by atoms with Crippen LogP contribution in [0.15, 0.2) is 0 Å². The zero-order valence-electron chi connectivity index (χ0n) is 40.9. The Labute approximate surface area is 379 Å². The number of nitrogens with two attached hydrogens (primary N) is 1. The Morgan fingerprint density at radius 2 is 0.889 bits per heavy atom. The zero-order chi connectivity index (χ0) is 47.9. The van der Waals surface area contributed by atoms with E-state index >= 15 is 0 Å². The number of hydrogen-bond donors (Lipinski definition) is 6. The molecule has 366 valence electrons. The smallest absolute Gasteiger partial charge is 0.408 e. The Bertz CT molecular complexity index is 1360. The number of ether oxygens (including phenoxy) is 3. The average molecular weight is 897 g/mol. The molecule has 16 heteroatoms. The highest BCUT2D eigenvalue weighted by molar-refractivity contribution is 5.90. The van der Waals surface area contributed by atoms with E-state index in [2.05, 4.69) is 33.5 Å². The standard InChI is InChI=1S/C47H88N6O10/c1-11-12-13-14-15-16-17-18-21-28-38(54)49-32-22-19-20-23-33-50-42(58)36(53-44(60)63-47(8,9)10)27-24-26-35(48)41(57)52-37(30-31-40(56)62-46(5,6)7)43(59)51-34-25-29-39(55)61-45(2,3)4/h35-37H,11-34,48H2,1-10H3,(H,49,54)(H,50,58)(H,51,59)(H,52,57)(H,53,60)/t35?,36-,37?/m0/s1. The predicted octanol–water partition coefficient (Wildman–Crippen LogP) is 6.94. The van der Waals surface area contributed by atoms with Crippen LogP contribution in [0.3, 0.4) is 0 Å². The summed E-state index contributed by atoms with van der Waals surface area (Å²) in [6.07, 6.45) is 14.8. The first kappa shape index (κ1) is 59.0. The summed E-state index contributed by atoms with van der Waals surface area (Å²) in [4.78, 5) is 89.1. The van der Waals surface area contributed by atoms with Gasteiger partial charge in [0.05, 0.1) is 6.04 Å². The summed E-state index contributed by atoms with van der Waals surface area (Å²) in [7, 11) is 0. The highest BCUT2D eigenvalue weighted by atomic mass is 16.6. The molecule has 0 saturated heterocycles. The molecule has 0 bridgehead atoms. The maximum Gasteiger partial charge on any atom is 0.408 e. The molecule has 0 fully saturated rings. The molecule has 0 radical (unpaired) electrons. The minimum atomic E-state index is -1.11. The first-order valence-electron chi connectivity index (χ1n) is 23.7. The third-order valence-corrected chi connectivity index (χ3v) is 9.55. The Morgan fingerprint density at radius 3 is 1.41 bits per heavy atom. The fourth-order valence-corrected chi connectivity index (χ4v) is 6.40. The molecule has 0 aromatic heterocycles. The molecule has 16 nitrogen and oxygen atoms in total. The van der Waals surface area contributed by atoms with Crippen LogP contribution in [-0.4, -0.2) is 96.2 Å². The van der Waals surface area contributed by atoms with Gasteiger partial charge in [-0.3, -0.25) is 28.8 Å². The van der Waals surface area contributed by atoms with Crippen molar-refractivity contribution in [2.24, 2.45) is 5.73 Å². The lowest BCUT2D eigenvalue weighted by Crippen LogP contribution is -2.52. The molecule has 0 aromatic rings. The summed E-state index contributed by atoms with van der Waals surface area (Å²) in [6.45, 7) is 19.0. The molecule has 0 heterocycles. The van der Waals surface area contributed by atoms with Crippen LogP contribution in [0, 0.1) is 0 Å². The number of alkyl carbamates (subject to hydrolysis) is 1. The van der Waals surface area contributed by atoms with E-state index in [1.807, 2.05) is 0 Å². The summed E-state index contributed by atoms with van der Waals surface area (Å²) in [5.74, 6) is -2.41. The number of nitrogens with one attached hydrogen (secondary N) is 5. The Balaban J connectivity index is 5.02. The van der Waals surface area contributed by atoms with E-state index in [1.54, 1.807) is 62.3 Å². The number of amides is 5. The van der Waals surface area contributed by atoms with Crippen molar-refractivity contribution in [3.05, 3.63) is 0 Å². The van der Waals surface area contributed by atoms with Gasteiger partial charge in [0.25, 0.3) is 0 Å². The van der Waals surface area contributed by atoms with E-state index in [0.717, 1.165) is 38.5 Å². The van der Waals surface area contributed by atoms with Gasteiger partial charge < -0.3 is 46.5 Å².